The molecular weight excluding hydrogens is 226 g/mol. The molecule has 0 aliphatic rings. The van der Waals surface area contributed by atoms with Crippen LogP contribution < -0.4 is 0 Å². The van der Waals surface area contributed by atoms with Crippen LogP contribution in [-0.2, 0) is 4.74 Å². The highest BCUT2D eigenvalue weighted by Crippen LogP contribution is 2.22. The standard InChI is InChI=1S/C12H10ClNO2/c1-7-3-4-10-8(5-7)6-9(11(13)14-10)12(15)16-2/h3-6H,1-2H3. The van der Waals surface area contributed by atoms with E-state index in [1.807, 2.05) is 25.1 Å². The highest BCUT2D eigenvalue weighted by atomic mass is 35.5. The number of benzene rings is 1. The van der Waals surface area contributed by atoms with Crippen LogP contribution in [0, 0.1) is 6.92 Å². The van der Waals surface area contributed by atoms with Gasteiger partial charge in [0.1, 0.15) is 5.15 Å². The number of ether oxygens (including phenoxy) is 1. The van der Waals surface area contributed by atoms with Crippen molar-refractivity contribution in [1.29, 1.82) is 0 Å². The lowest BCUT2D eigenvalue weighted by atomic mass is 10.1. The molecule has 16 heavy (non-hydrogen) atoms. The molecule has 2 aromatic rings. The van der Waals surface area contributed by atoms with Crippen molar-refractivity contribution in [3.05, 3.63) is 40.5 Å². The Bertz CT molecular complexity index is 566. The van der Waals surface area contributed by atoms with E-state index in [4.69, 9.17) is 11.6 Å². The van der Waals surface area contributed by atoms with Crippen LogP contribution in [0.5, 0.6) is 0 Å². The van der Waals surface area contributed by atoms with Crippen molar-refractivity contribution in [2.45, 2.75) is 6.92 Å². The van der Waals surface area contributed by atoms with Crippen molar-refractivity contribution in [3.8, 4) is 0 Å². The Balaban J connectivity index is 2.68. The molecule has 0 fully saturated rings. The smallest absolute Gasteiger partial charge is 0.341 e. The van der Waals surface area contributed by atoms with Gasteiger partial charge in [-0.2, -0.15) is 0 Å². The van der Waals surface area contributed by atoms with Gasteiger partial charge >= 0.3 is 5.97 Å². The molecule has 82 valence electrons. The average molecular weight is 236 g/mol. The monoisotopic (exact) mass is 235 g/mol. The number of rotatable bonds is 1. The second-order valence-corrected chi connectivity index (χ2v) is 3.87. The van der Waals surface area contributed by atoms with Crippen LogP contribution in [0.15, 0.2) is 24.3 Å². The number of hydrogen-bond acceptors (Lipinski definition) is 3. The molecule has 3 nitrogen and oxygen atoms in total. The molecule has 0 bridgehead atoms. The quantitative estimate of drug-likeness (QED) is 0.564. The van der Waals surface area contributed by atoms with Crippen LogP contribution in [-0.4, -0.2) is 18.1 Å². The normalized spacial score (nSPS) is 10.4. The minimum Gasteiger partial charge on any atom is -0.465 e. The van der Waals surface area contributed by atoms with Gasteiger partial charge in [-0.05, 0) is 25.1 Å². The number of esters is 1. The van der Waals surface area contributed by atoms with Gasteiger partial charge in [0.15, 0.2) is 0 Å². The fourth-order valence-electron chi connectivity index (χ4n) is 1.53. The highest BCUT2D eigenvalue weighted by molar-refractivity contribution is 6.32. The predicted octanol–water partition coefficient (Wildman–Crippen LogP) is 2.98. The van der Waals surface area contributed by atoms with Gasteiger partial charge in [-0.3, -0.25) is 0 Å². The lowest BCUT2D eigenvalue weighted by Crippen LogP contribution is -2.03. The van der Waals surface area contributed by atoms with Crippen LogP contribution in [0.2, 0.25) is 5.15 Å². The molecule has 0 amide bonds. The van der Waals surface area contributed by atoms with Crippen LogP contribution in [0.25, 0.3) is 10.9 Å². The van der Waals surface area contributed by atoms with Gasteiger partial charge in [-0.15, -0.1) is 0 Å². The van der Waals surface area contributed by atoms with E-state index in [2.05, 4.69) is 9.72 Å². The first-order valence-electron chi connectivity index (χ1n) is 4.77. The largest absolute Gasteiger partial charge is 0.465 e. The first kappa shape index (κ1) is 10.9. The number of aryl methyl sites for hydroxylation is 1. The van der Waals surface area contributed by atoms with Gasteiger partial charge in [0.05, 0.1) is 18.2 Å². The van der Waals surface area contributed by atoms with Gasteiger partial charge in [0.2, 0.25) is 0 Å². The average Bonchev–Trinajstić information content (AvgIpc) is 2.28. The zero-order valence-electron chi connectivity index (χ0n) is 8.95. The Hall–Kier alpha value is -1.61. The number of aromatic nitrogens is 1. The Morgan fingerprint density at radius 3 is 2.81 bits per heavy atom. The van der Waals surface area contributed by atoms with Crippen molar-refractivity contribution in [2.75, 3.05) is 7.11 Å². The third-order valence-corrected chi connectivity index (χ3v) is 2.62. The second-order valence-electron chi connectivity index (χ2n) is 3.51. The van der Waals surface area contributed by atoms with Gasteiger partial charge in [0, 0.05) is 5.39 Å². The SMILES string of the molecule is COC(=O)c1cc2cc(C)ccc2nc1Cl. The number of hydrogen-bond donors (Lipinski definition) is 0. The third-order valence-electron chi connectivity index (χ3n) is 2.33. The lowest BCUT2D eigenvalue weighted by molar-refractivity contribution is 0.0600. The molecule has 0 aliphatic heterocycles. The van der Waals surface area contributed by atoms with Gasteiger partial charge in [-0.25, -0.2) is 9.78 Å². The summed E-state index contributed by atoms with van der Waals surface area (Å²) in [6, 6.07) is 7.47. The zero-order chi connectivity index (χ0) is 11.7. The summed E-state index contributed by atoms with van der Waals surface area (Å²) in [7, 11) is 1.32. The minimum atomic E-state index is -0.471. The molecule has 0 atom stereocenters. The van der Waals surface area contributed by atoms with Crippen molar-refractivity contribution >= 4 is 28.5 Å². The lowest BCUT2D eigenvalue weighted by Gasteiger charge is -2.04. The van der Waals surface area contributed by atoms with Gasteiger partial charge in [-0.1, -0.05) is 23.2 Å². The first-order chi connectivity index (χ1) is 7.61. The number of carbonyl (C=O) groups is 1. The van der Waals surface area contributed by atoms with Crippen LogP contribution >= 0.6 is 11.6 Å². The number of methoxy groups -OCH3 is 1. The molecule has 2 rings (SSSR count). The molecule has 1 aromatic carbocycles. The van der Waals surface area contributed by atoms with E-state index in [-0.39, 0.29) is 5.15 Å². The summed E-state index contributed by atoms with van der Waals surface area (Å²) in [5, 5.41) is 1.05. The Morgan fingerprint density at radius 1 is 1.38 bits per heavy atom. The van der Waals surface area contributed by atoms with E-state index in [0.29, 0.717) is 5.56 Å². The zero-order valence-corrected chi connectivity index (χ0v) is 9.71. The summed E-state index contributed by atoms with van der Waals surface area (Å²) in [5.74, 6) is -0.471. The summed E-state index contributed by atoms with van der Waals surface area (Å²) >= 11 is 5.90. The second kappa shape index (κ2) is 4.10. The Labute approximate surface area is 98.0 Å². The molecule has 1 heterocycles. The van der Waals surface area contributed by atoms with E-state index in [9.17, 15) is 4.79 Å². The summed E-state index contributed by atoms with van der Waals surface area (Å²) in [6.45, 7) is 1.98. The van der Waals surface area contributed by atoms with E-state index < -0.39 is 5.97 Å². The Kier molecular flexibility index (Phi) is 2.79. The molecular formula is C12H10ClNO2. The number of carbonyl (C=O) groups excluding carboxylic acids is 1. The van der Waals surface area contributed by atoms with Gasteiger partial charge < -0.3 is 4.74 Å². The summed E-state index contributed by atoms with van der Waals surface area (Å²) in [5.41, 5.74) is 2.16. The minimum absolute atomic E-state index is 0.170. The molecule has 0 saturated carbocycles. The third kappa shape index (κ3) is 1.86. The van der Waals surface area contributed by atoms with Crippen molar-refractivity contribution < 1.29 is 9.53 Å². The van der Waals surface area contributed by atoms with E-state index in [1.165, 1.54) is 7.11 Å². The van der Waals surface area contributed by atoms with Crippen molar-refractivity contribution in [1.82, 2.24) is 4.98 Å². The highest BCUT2D eigenvalue weighted by Gasteiger charge is 2.13. The van der Waals surface area contributed by atoms with Crippen molar-refractivity contribution in [2.24, 2.45) is 0 Å². The van der Waals surface area contributed by atoms with Gasteiger partial charge in [0.25, 0.3) is 0 Å². The van der Waals surface area contributed by atoms with Crippen LogP contribution in [0.3, 0.4) is 0 Å². The fraction of sp³-hybridized carbons (Fsp3) is 0.167. The number of nitrogens with zero attached hydrogens (tertiary/aromatic N) is 1. The maximum atomic E-state index is 11.4. The summed E-state index contributed by atoms with van der Waals surface area (Å²) in [4.78, 5) is 15.6. The maximum Gasteiger partial charge on any atom is 0.341 e. The Morgan fingerprint density at radius 2 is 2.12 bits per heavy atom. The van der Waals surface area contributed by atoms with E-state index >= 15 is 0 Å². The molecule has 4 heteroatoms. The molecule has 0 radical (unpaired) electrons. The van der Waals surface area contributed by atoms with E-state index in [1.54, 1.807) is 6.07 Å². The number of pyridine rings is 1. The maximum absolute atomic E-state index is 11.4. The van der Waals surface area contributed by atoms with E-state index in [0.717, 1.165) is 16.5 Å². The fourth-order valence-corrected chi connectivity index (χ4v) is 1.75. The topological polar surface area (TPSA) is 39.2 Å². The molecule has 0 N–H and O–H groups in total. The molecule has 0 spiro atoms. The molecule has 0 unspecified atom stereocenters. The predicted molar refractivity (Wildman–Crippen MR) is 62.8 cm³/mol. The number of halogens is 1. The van der Waals surface area contributed by atoms with Crippen LogP contribution in [0.1, 0.15) is 15.9 Å². The summed E-state index contributed by atoms with van der Waals surface area (Å²) in [6.07, 6.45) is 0. The molecule has 0 aliphatic carbocycles. The molecule has 1 aromatic heterocycles. The summed E-state index contributed by atoms with van der Waals surface area (Å²) < 4.78 is 4.63. The van der Waals surface area contributed by atoms with Crippen molar-refractivity contribution in [3.63, 3.8) is 0 Å². The van der Waals surface area contributed by atoms with Crippen LogP contribution in [0.4, 0.5) is 0 Å². The molecule has 0 saturated heterocycles. The number of fused-ring (bicyclic) bond motifs is 1. The first-order valence-corrected chi connectivity index (χ1v) is 5.15.